The molecule has 0 aromatic heterocycles. The number of para-hydroxylation sites is 2. The molecule has 22 aromatic rings. The van der Waals surface area contributed by atoms with Crippen molar-refractivity contribution in [1.82, 2.24) is 0 Å². The van der Waals surface area contributed by atoms with E-state index < -0.39 is 0 Å². The quantitative estimate of drug-likeness (QED) is 0.0630. The lowest BCUT2D eigenvalue weighted by molar-refractivity contribution is 1.28. The van der Waals surface area contributed by atoms with E-state index in [1.807, 2.05) is 24.3 Å². The molecule has 0 heterocycles. The molecular formula is C132H90Cl2N2. The van der Waals surface area contributed by atoms with Crippen molar-refractivity contribution in [1.29, 1.82) is 0 Å². The normalized spacial score (nSPS) is 11.2. The van der Waals surface area contributed by atoms with Gasteiger partial charge >= 0.3 is 0 Å². The van der Waals surface area contributed by atoms with E-state index in [1.54, 1.807) is 0 Å². The van der Waals surface area contributed by atoms with Gasteiger partial charge in [-0.25, -0.2) is 0 Å². The molecule has 0 atom stereocenters. The van der Waals surface area contributed by atoms with E-state index in [9.17, 15) is 0 Å². The summed E-state index contributed by atoms with van der Waals surface area (Å²) in [6, 6.07) is 199. The third-order valence-electron chi connectivity index (χ3n) is 26.1. The van der Waals surface area contributed by atoms with Crippen LogP contribution in [-0.4, -0.2) is 0 Å². The van der Waals surface area contributed by atoms with E-state index in [2.05, 4.69) is 532 Å². The third kappa shape index (κ3) is 16.7. The van der Waals surface area contributed by atoms with Crippen LogP contribution >= 0.6 is 23.2 Å². The van der Waals surface area contributed by atoms with Gasteiger partial charge in [-0.1, -0.05) is 484 Å². The zero-order chi connectivity index (χ0) is 91.0. The Hall–Kier alpha value is -17.0. The van der Waals surface area contributed by atoms with Gasteiger partial charge in [0.1, 0.15) is 0 Å². The molecule has 642 valence electrons. The number of hydrogen-bond donors (Lipinski definition) is 0. The van der Waals surface area contributed by atoms with E-state index >= 15 is 0 Å². The Kier molecular flexibility index (Phi) is 23.9. The summed E-state index contributed by atoms with van der Waals surface area (Å²) in [5.74, 6) is 0. The van der Waals surface area contributed by atoms with Crippen molar-refractivity contribution in [3.05, 3.63) is 556 Å². The van der Waals surface area contributed by atoms with Gasteiger partial charge in [0.25, 0.3) is 0 Å². The van der Waals surface area contributed by atoms with Crippen LogP contribution in [0.5, 0.6) is 0 Å². The van der Waals surface area contributed by atoms with Crippen LogP contribution in [0.3, 0.4) is 0 Å². The van der Waals surface area contributed by atoms with Gasteiger partial charge < -0.3 is 9.80 Å². The average Bonchev–Trinajstić information content (AvgIpc) is 0.708. The molecule has 0 amide bonds. The monoisotopic (exact) mass is 1770 g/mol. The van der Waals surface area contributed by atoms with Gasteiger partial charge in [-0.2, -0.15) is 0 Å². The fourth-order valence-corrected chi connectivity index (χ4v) is 20.2. The van der Waals surface area contributed by atoms with E-state index in [0.29, 0.717) is 10.0 Å². The first-order chi connectivity index (χ1) is 67.4. The van der Waals surface area contributed by atoms with Crippen molar-refractivity contribution in [3.8, 4) is 189 Å². The fourth-order valence-electron chi connectivity index (χ4n) is 20.0. The molecule has 0 bridgehead atoms. The molecule has 0 saturated carbocycles. The second kappa shape index (κ2) is 38.4. The lowest BCUT2D eigenvalue weighted by atomic mass is 9.72. The summed E-state index contributed by atoms with van der Waals surface area (Å²) in [5, 5.41) is 1.29. The van der Waals surface area contributed by atoms with Gasteiger partial charge in [0.2, 0.25) is 0 Å². The first-order valence-corrected chi connectivity index (χ1v) is 47.1. The Balaban J connectivity index is 0.816. The number of benzene rings is 22. The number of halogens is 2. The smallest absolute Gasteiger partial charge is 0.0540 e. The summed E-state index contributed by atoms with van der Waals surface area (Å²) in [4.78, 5) is 4.83. The van der Waals surface area contributed by atoms with Crippen LogP contribution in [0.1, 0.15) is 0 Å². The molecule has 0 unspecified atom stereocenters. The van der Waals surface area contributed by atoms with Crippen molar-refractivity contribution in [2.24, 2.45) is 0 Å². The van der Waals surface area contributed by atoms with Crippen LogP contribution < -0.4 is 9.80 Å². The maximum absolute atomic E-state index is 7.18. The molecule has 0 saturated heterocycles. The van der Waals surface area contributed by atoms with Gasteiger partial charge in [0, 0.05) is 43.9 Å². The number of rotatable bonds is 23. The topological polar surface area (TPSA) is 6.48 Å². The Morgan fingerprint density at radius 1 is 0.103 bits per heavy atom. The molecule has 4 heteroatoms. The summed E-state index contributed by atoms with van der Waals surface area (Å²) in [7, 11) is 0. The minimum atomic E-state index is 0.644. The van der Waals surface area contributed by atoms with Crippen molar-refractivity contribution in [3.63, 3.8) is 0 Å². The molecule has 0 fully saturated rings. The van der Waals surface area contributed by atoms with Crippen LogP contribution in [-0.2, 0) is 0 Å². The maximum Gasteiger partial charge on any atom is 0.0540 e. The molecule has 136 heavy (non-hydrogen) atoms. The Morgan fingerprint density at radius 3 is 0.478 bits per heavy atom. The minimum Gasteiger partial charge on any atom is -0.310 e. The molecule has 0 aliphatic rings. The molecule has 0 aliphatic heterocycles. The molecule has 0 radical (unpaired) electrons. The van der Waals surface area contributed by atoms with E-state index in [-0.39, 0.29) is 0 Å². The van der Waals surface area contributed by atoms with Crippen molar-refractivity contribution < 1.29 is 0 Å². The van der Waals surface area contributed by atoms with Gasteiger partial charge in [0.15, 0.2) is 0 Å². The van der Waals surface area contributed by atoms with E-state index in [4.69, 9.17) is 23.2 Å². The van der Waals surface area contributed by atoms with Crippen molar-refractivity contribution >= 4 is 57.3 Å². The van der Waals surface area contributed by atoms with Gasteiger partial charge in [-0.05, 0) is 263 Å². The molecule has 22 rings (SSSR count). The molecular weight excluding hydrogens is 1680 g/mol. The average molecular weight is 1780 g/mol. The van der Waals surface area contributed by atoms with E-state index in [0.717, 1.165) is 223 Å². The number of anilines is 6. The molecule has 0 aliphatic carbocycles. The van der Waals surface area contributed by atoms with Gasteiger partial charge in [-0.15, -0.1) is 0 Å². The third-order valence-corrected chi connectivity index (χ3v) is 26.6. The minimum absolute atomic E-state index is 0.644. The van der Waals surface area contributed by atoms with E-state index in [1.165, 1.54) is 0 Å². The molecule has 2 nitrogen and oxygen atoms in total. The highest BCUT2D eigenvalue weighted by Crippen LogP contribution is 2.62. The number of nitrogens with zero attached hydrogens (tertiary/aromatic N) is 2. The SMILES string of the molecule is Clc1ccc(-c2c(-c3ccc(N(c4ccc(-c5ccccc5)cc4)c4ccccc4-c4ccccc4)cc3)c(-c3ccccc3)c(-c3ccccc3)c(-c3ccccc3-c3ccccc3-c3c(-c4ccccc4)c(-c4ccccc4)c(-c4ccc(N(c5ccc(-c6ccccc6)cc5)c5ccccc5-c5ccccc5)cc4)c(-c4ccc(Cl)cc4)c3-c3ccccc3)c2-c2ccccc2)cc1. The lowest BCUT2D eigenvalue weighted by Crippen LogP contribution is -2.11. The summed E-state index contributed by atoms with van der Waals surface area (Å²) in [6.07, 6.45) is 0. The van der Waals surface area contributed by atoms with Crippen LogP contribution in [0.4, 0.5) is 34.1 Å². The zero-order valence-electron chi connectivity index (χ0n) is 74.6. The predicted octanol–water partition coefficient (Wildman–Crippen LogP) is 38.3. The molecule has 0 N–H and O–H groups in total. The van der Waals surface area contributed by atoms with Crippen molar-refractivity contribution in [2.75, 3.05) is 9.80 Å². The largest absolute Gasteiger partial charge is 0.310 e. The Bertz CT molecular complexity index is 7470. The Labute approximate surface area is 806 Å². The molecule has 22 aromatic carbocycles. The highest BCUT2D eigenvalue weighted by molar-refractivity contribution is 6.31. The predicted molar refractivity (Wildman–Crippen MR) is 578 cm³/mol. The summed E-state index contributed by atoms with van der Waals surface area (Å²) in [6.45, 7) is 0. The van der Waals surface area contributed by atoms with Gasteiger partial charge in [-0.3, -0.25) is 0 Å². The molecule has 0 spiro atoms. The summed E-state index contributed by atoms with van der Waals surface area (Å²) < 4.78 is 0. The summed E-state index contributed by atoms with van der Waals surface area (Å²) >= 11 is 14.4. The van der Waals surface area contributed by atoms with Crippen LogP contribution in [0, 0.1) is 0 Å². The highest BCUT2D eigenvalue weighted by atomic mass is 35.5. The van der Waals surface area contributed by atoms with Crippen molar-refractivity contribution in [2.45, 2.75) is 0 Å². The lowest BCUT2D eigenvalue weighted by Gasteiger charge is -2.31. The summed E-state index contributed by atoms with van der Waals surface area (Å²) in [5.41, 5.74) is 42.7. The second-order valence-electron chi connectivity index (χ2n) is 34.2. The van der Waals surface area contributed by atoms with Gasteiger partial charge in [0.05, 0.1) is 11.4 Å². The standard InChI is InChI=1S/C132H90Cl2N2/c133-107-79-67-103(68-80-107)125-123(105-75-87-111(88-76-105)135(109-83-71-93(72-84-109)91-39-11-1-12-40-91)119-65-37-35-59-113(119)95-43-15-3-16-44-95)121(97-47-19-5-20-48-97)127(99-51-23-7-24-52-99)131(129(125)101-55-27-9-28-56-101)117-63-33-31-61-115(117)116-62-32-34-64-118(116)132-128(100-53-25-8-26-54-100)122(98-49-21-6-22-50-98)124(126(104-69-81-108(134)82-70-104)130(132)102-57-29-10-30-58-102)106-77-89-112(90-78-106)136(110-85-73-94(74-86-110)92-41-13-2-14-42-92)120-66-38-36-60-114(120)96-45-17-4-18-46-96/h1-90H. The second-order valence-corrected chi connectivity index (χ2v) is 35.0. The maximum atomic E-state index is 7.18. The fraction of sp³-hybridized carbons (Fsp3) is 0. The van der Waals surface area contributed by atoms with Crippen LogP contribution in [0.25, 0.3) is 189 Å². The zero-order valence-corrected chi connectivity index (χ0v) is 76.1. The van der Waals surface area contributed by atoms with Crippen LogP contribution in [0.2, 0.25) is 10.0 Å². The first-order valence-electron chi connectivity index (χ1n) is 46.3. The highest BCUT2D eigenvalue weighted by Gasteiger charge is 2.35. The first kappa shape index (κ1) is 84.6. The number of hydrogen-bond acceptors (Lipinski definition) is 2. The Morgan fingerprint density at radius 2 is 0.250 bits per heavy atom. The van der Waals surface area contributed by atoms with Crippen LogP contribution in [0.15, 0.2) is 546 Å².